The first-order valence-corrected chi connectivity index (χ1v) is 5.50. The van der Waals surface area contributed by atoms with Gasteiger partial charge in [-0.25, -0.2) is 14.4 Å². The van der Waals surface area contributed by atoms with Crippen LogP contribution in [0.5, 0.6) is 0 Å². The predicted octanol–water partition coefficient (Wildman–Crippen LogP) is 2.32. The molecule has 0 saturated heterocycles. The summed E-state index contributed by atoms with van der Waals surface area (Å²) in [6.07, 6.45) is 0. The van der Waals surface area contributed by atoms with Gasteiger partial charge in [0.15, 0.2) is 17.5 Å². The number of methoxy groups -OCH3 is 1. The van der Waals surface area contributed by atoms with E-state index >= 15 is 0 Å². The maximum Gasteiger partial charge on any atom is 0.186 e. The molecule has 4 nitrogen and oxygen atoms in total. The first-order chi connectivity index (χ1) is 8.63. The van der Waals surface area contributed by atoms with Crippen LogP contribution in [0, 0.1) is 12.7 Å². The molecule has 0 atom stereocenters. The average Bonchev–Trinajstić information content (AvgIpc) is 2.36. The number of hydrogen-bond donors (Lipinski definition) is 1. The molecule has 94 valence electrons. The summed E-state index contributed by atoms with van der Waals surface area (Å²) in [5.74, 6) is -0.285. The molecule has 0 unspecified atom stereocenters. The maximum atomic E-state index is 13.4. The normalized spacial score (nSPS) is 10.6. The van der Waals surface area contributed by atoms with Crippen molar-refractivity contribution in [2.45, 2.75) is 13.5 Å². The lowest BCUT2D eigenvalue weighted by atomic mass is 10.1. The monoisotopic (exact) mass is 247 g/mol. The van der Waals surface area contributed by atoms with E-state index in [1.165, 1.54) is 0 Å². The Balaban J connectivity index is 2.55. The number of benzene rings is 1. The van der Waals surface area contributed by atoms with E-state index in [2.05, 4.69) is 9.97 Å². The third-order valence-electron chi connectivity index (χ3n) is 2.60. The Morgan fingerprint density at radius 3 is 2.67 bits per heavy atom. The number of ether oxygens (including phenoxy) is 1. The molecule has 0 amide bonds. The van der Waals surface area contributed by atoms with Gasteiger partial charge in [0.25, 0.3) is 0 Å². The molecule has 0 bridgehead atoms. The topological polar surface area (TPSA) is 61.0 Å². The van der Waals surface area contributed by atoms with Crippen molar-refractivity contribution in [3.05, 3.63) is 41.3 Å². The average molecular weight is 247 g/mol. The van der Waals surface area contributed by atoms with Crippen molar-refractivity contribution in [1.29, 1.82) is 0 Å². The summed E-state index contributed by atoms with van der Waals surface area (Å²) >= 11 is 0. The van der Waals surface area contributed by atoms with E-state index in [0.29, 0.717) is 12.4 Å². The second-order valence-electron chi connectivity index (χ2n) is 3.92. The second kappa shape index (κ2) is 5.10. The summed E-state index contributed by atoms with van der Waals surface area (Å²) in [5.41, 5.74) is 7.50. The molecule has 2 rings (SSSR count). The Morgan fingerprint density at radius 1 is 1.28 bits per heavy atom. The van der Waals surface area contributed by atoms with Crippen molar-refractivity contribution in [2.24, 2.45) is 0 Å². The zero-order valence-corrected chi connectivity index (χ0v) is 10.3. The van der Waals surface area contributed by atoms with E-state index in [9.17, 15) is 4.39 Å². The van der Waals surface area contributed by atoms with E-state index in [1.54, 1.807) is 14.0 Å². The van der Waals surface area contributed by atoms with Gasteiger partial charge in [0.1, 0.15) is 0 Å². The Morgan fingerprint density at radius 2 is 2.00 bits per heavy atom. The van der Waals surface area contributed by atoms with Gasteiger partial charge in [-0.3, -0.25) is 0 Å². The van der Waals surface area contributed by atoms with Crippen LogP contribution < -0.4 is 5.73 Å². The van der Waals surface area contributed by atoms with Gasteiger partial charge in [0.05, 0.1) is 12.3 Å². The lowest BCUT2D eigenvalue weighted by Crippen LogP contribution is -2.04. The zero-order valence-electron chi connectivity index (χ0n) is 10.3. The van der Waals surface area contributed by atoms with Gasteiger partial charge < -0.3 is 10.5 Å². The van der Waals surface area contributed by atoms with Crippen molar-refractivity contribution in [3.63, 3.8) is 0 Å². The highest BCUT2D eigenvalue weighted by molar-refractivity contribution is 5.61. The summed E-state index contributed by atoms with van der Waals surface area (Å²) < 4.78 is 18.5. The fourth-order valence-corrected chi connectivity index (χ4v) is 1.72. The Kier molecular flexibility index (Phi) is 3.53. The standard InChI is InChI=1S/C13H14FN3O/c1-8-11(14)12(15)17-13(16-8)10-6-4-3-5-9(10)7-18-2/h3-6H,7H2,1-2H3,(H2,15,16,17). The molecule has 0 aliphatic heterocycles. The summed E-state index contributed by atoms with van der Waals surface area (Å²) in [5, 5.41) is 0. The molecule has 0 saturated carbocycles. The number of hydrogen-bond acceptors (Lipinski definition) is 4. The number of rotatable bonds is 3. The van der Waals surface area contributed by atoms with Crippen molar-refractivity contribution >= 4 is 5.82 Å². The van der Waals surface area contributed by atoms with Crippen molar-refractivity contribution in [3.8, 4) is 11.4 Å². The highest BCUT2D eigenvalue weighted by atomic mass is 19.1. The number of nitrogens with two attached hydrogens (primary N) is 1. The summed E-state index contributed by atoms with van der Waals surface area (Å²) in [4.78, 5) is 8.11. The van der Waals surface area contributed by atoms with Crippen LogP contribution in [0.1, 0.15) is 11.3 Å². The molecule has 18 heavy (non-hydrogen) atoms. The van der Waals surface area contributed by atoms with Crippen molar-refractivity contribution in [1.82, 2.24) is 9.97 Å². The van der Waals surface area contributed by atoms with Crippen LogP contribution in [0.3, 0.4) is 0 Å². The minimum absolute atomic E-state index is 0.135. The highest BCUT2D eigenvalue weighted by Gasteiger charge is 2.12. The van der Waals surface area contributed by atoms with Gasteiger partial charge in [-0.05, 0) is 12.5 Å². The smallest absolute Gasteiger partial charge is 0.186 e. The largest absolute Gasteiger partial charge is 0.381 e. The van der Waals surface area contributed by atoms with Crippen LogP contribution in [-0.2, 0) is 11.3 Å². The minimum atomic E-state index is -0.567. The van der Waals surface area contributed by atoms with Gasteiger partial charge in [0, 0.05) is 12.7 Å². The van der Waals surface area contributed by atoms with Crippen LogP contribution in [0.25, 0.3) is 11.4 Å². The molecule has 0 aliphatic carbocycles. The van der Waals surface area contributed by atoms with E-state index in [4.69, 9.17) is 10.5 Å². The van der Waals surface area contributed by atoms with Crippen LogP contribution in [0.4, 0.5) is 10.2 Å². The Hall–Kier alpha value is -2.01. The number of aryl methyl sites for hydroxylation is 1. The molecular weight excluding hydrogens is 233 g/mol. The first-order valence-electron chi connectivity index (χ1n) is 5.50. The fourth-order valence-electron chi connectivity index (χ4n) is 1.72. The lowest BCUT2D eigenvalue weighted by molar-refractivity contribution is 0.185. The SMILES string of the molecule is COCc1ccccc1-c1nc(C)c(F)c(N)n1. The Labute approximate surface area is 105 Å². The zero-order chi connectivity index (χ0) is 13.1. The van der Waals surface area contributed by atoms with Gasteiger partial charge >= 0.3 is 0 Å². The highest BCUT2D eigenvalue weighted by Crippen LogP contribution is 2.23. The van der Waals surface area contributed by atoms with Crippen LogP contribution in [-0.4, -0.2) is 17.1 Å². The Bertz CT molecular complexity index is 549. The molecule has 2 aromatic rings. The van der Waals surface area contributed by atoms with E-state index < -0.39 is 5.82 Å². The number of anilines is 1. The molecule has 1 aromatic heterocycles. The van der Waals surface area contributed by atoms with Gasteiger partial charge in [0.2, 0.25) is 0 Å². The molecule has 1 heterocycles. The number of aromatic nitrogens is 2. The first kappa shape index (κ1) is 12.4. The summed E-state index contributed by atoms with van der Waals surface area (Å²) in [6, 6.07) is 7.54. The minimum Gasteiger partial charge on any atom is -0.381 e. The molecule has 1 aromatic carbocycles. The van der Waals surface area contributed by atoms with E-state index in [-0.39, 0.29) is 11.5 Å². The maximum absolute atomic E-state index is 13.4. The summed E-state index contributed by atoms with van der Waals surface area (Å²) in [7, 11) is 1.61. The molecule has 0 aliphatic rings. The number of nitrogen functional groups attached to an aromatic ring is 1. The van der Waals surface area contributed by atoms with Gasteiger partial charge in [-0.1, -0.05) is 24.3 Å². The van der Waals surface area contributed by atoms with Crippen molar-refractivity contribution in [2.75, 3.05) is 12.8 Å². The van der Waals surface area contributed by atoms with Crippen molar-refractivity contribution < 1.29 is 9.13 Å². The number of halogens is 1. The molecule has 0 spiro atoms. The molecule has 0 radical (unpaired) electrons. The molecule has 0 fully saturated rings. The van der Waals surface area contributed by atoms with Gasteiger partial charge in [-0.2, -0.15) is 0 Å². The summed E-state index contributed by atoms with van der Waals surface area (Å²) in [6.45, 7) is 2.01. The lowest BCUT2D eigenvalue weighted by Gasteiger charge is -2.09. The third kappa shape index (κ3) is 2.31. The fraction of sp³-hybridized carbons (Fsp3) is 0.231. The number of nitrogens with zero attached hydrogens (tertiary/aromatic N) is 2. The van der Waals surface area contributed by atoms with Crippen LogP contribution in [0.2, 0.25) is 0 Å². The molecular formula is C13H14FN3O. The van der Waals surface area contributed by atoms with Crippen LogP contribution in [0.15, 0.2) is 24.3 Å². The van der Waals surface area contributed by atoms with E-state index in [0.717, 1.165) is 11.1 Å². The second-order valence-corrected chi connectivity index (χ2v) is 3.92. The van der Waals surface area contributed by atoms with E-state index in [1.807, 2.05) is 24.3 Å². The quantitative estimate of drug-likeness (QED) is 0.904. The van der Waals surface area contributed by atoms with Gasteiger partial charge in [-0.15, -0.1) is 0 Å². The van der Waals surface area contributed by atoms with Crippen LogP contribution >= 0.6 is 0 Å². The molecule has 5 heteroatoms. The molecule has 2 N–H and O–H groups in total. The third-order valence-corrected chi connectivity index (χ3v) is 2.60. The predicted molar refractivity (Wildman–Crippen MR) is 67.3 cm³/mol.